The number of carbonyl (C=O) groups is 2. The van der Waals surface area contributed by atoms with Crippen molar-refractivity contribution < 1.29 is 33.0 Å². The second-order valence-corrected chi connectivity index (χ2v) is 8.09. The van der Waals surface area contributed by atoms with E-state index in [1.165, 1.54) is 12.1 Å². The van der Waals surface area contributed by atoms with E-state index in [0.29, 0.717) is 16.8 Å². The van der Waals surface area contributed by atoms with Crippen LogP contribution in [0.15, 0.2) is 54.6 Å². The molecule has 0 fully saturated rings. The van der Waals surface area contributed by atoms with Gasteiger partial charge in [0.1, 0.15) is 5.75 Å². The molecule has 4 N–H and O–H groups in total. The Bertz CT molecular complexity index is 1130. The van der Waals surface area contributed by atoms with Crippen LogP contribution in [0.3, 0.4) is 0 Å². The zero-order chi connectivity index (χ0) is 21.0. The molecule has 1 aromatic heterocycles. The number of benzene rings is 2. The van der Waals surface area contributed by atoms with E-state index in [2.05, 4.69) is 9.71 Å². The van der Waals surface area contributed by atoms with Crippen molar-refractivity contribution in [3.8, 4) is 5.75 Å². The number of aliphatic carboxylic acids is 2. The van der Waals surface area contributed by atoms with Gasteiger partial charge in [-0.25, -0.2) is 22.7 Å². The molecule has 0 bridgehead atoms. The summed E-state index contributed by atoms with van der Waals surface area (Å²) in [6.45, 7) is 0.0346. The molecule has 3 aromatic rings. The Balaban J connectivity index is 1.70. The number of carboxylic acid groups (broad SMARTS) is 2. The normalized spacial score (nSPS) is 11.6. The summed E-state index contributed by atoms with van der Waals surface area (Å²) in [5, 5.41) is 18.5. The summed E-state index contributed by atoms with van der Waals surface area (Å²) in [5.41, 5.74) is 1.81. The molecule has 0 aliphatic carbocycles. The number of aromatic amines is 1. The van der Waals surface area contributed by atoms with Crippen molar-refractivity contribution in [3.63, 3.8) is 0 Å². The van der Waals surface area contributed by atoms with Crippen molar-refractivity contribution in [2.75, 3.05) is 0 Å². The lowest BCUT2D eigenvalue weighted by molar-refractivity contribution is -0.159. The van der Waals surface area contributed by atoms with Crippen LogP contribution in [0.5, 0.6) is 5.75 Å². The van der Waals surface area contributed by atoms with Crippen molar-refractivity contribution in [1.29, 1.82) is 0 Å². The van der Waals surface area contributed by atoms with Crippen LogP contribution in [-0.2, 0) is 31.9 Å². The van der Waals surface area contributed by atoms with Gasteiger partial charge in [-0.2, -0.15) is 0 Å². The number of rotatable bonds is 9. The third kappa shape index (κ3) is 5.33. The van der Waals surface area contributed by atoms with Crippen LogP contribution in [0.1, 0.15) is 11.3 Å². The first-order valence-electron chi connectivity index (χ1n) is 8.49. The maximum Gasteiger partial charge on any atom is 0.356 e. The number of aromatic nitrogens is 1. The Morgan fingerprint density at radius 3 is 2.38 bits per heavy atom. The molecule has 9 nitrogen and oxygen atoms in total. The highest BCUT2D eigenvalue weighted by Gasteiger charge is 2.28. The number of fused-ring (bicyclic) bond motifs is 1. The highest BCUT2D eigenvalue weighted by molar-refractivity contribution is 7.88. The topological polar surface area (TPSA) is 146 Å². The van der Waals surface area contributed by atoms with Gasteiger partial charge in [0.2, 0.25) is 10.0 Å². The summed E-state index contributed by atoms with van der Waals surface area (Å²) >= 11 is 0. The summed E-state index contributed by atoms with van der Waals surface area (Å²) in [4.78, 5) is 24.9. The van der Waals surface area contributed by atoms with Gasteiger partial charge in [0.05, 0.1) is 12.3 Å². The number of nitrogens with one attached hydrogen (secondary N) is 2. The fourth-order valence-electron chi connectivity index (χ4n) is 2.71. The maximum atomic E-state index is 12.2. The Hall–Kier alpha value is -3.37. The van der Waals surface area contributed by atoms with Gasteiger partial charge in [0.25, 0.3) is 6.10 Å². The van der Waals surface area contributed by atoms with Crippen molar-refractivity contribution in [2.24, 2.45) is 0 Å². The molecule has 1 heterocycles. The number of hydrogen-bond acceptors (Lipinski definition) is 5. The molecular formula is C19H18N2O7S. The number of ether oxygens (including phenoxy) is 1. The Kier molecular flexibility index (Phi) is 5.85. The van der Waals surface area contributed by atoms with Crippen LogP contribution in [0.4, 0.5) is 0 Å². The Morgan fingerprint density at radius 2 is 1.72 bits per heavy atom. The molecule has 0 atom stereocenters. The van der Waals surface area contributed by atoms with Gasteiger partial charge in [-0.05, 0) is 29.1 Å². The molecule has 10 heteroatoms. The van der Waals surface area contributed by atoms with E-state index in [1.54, 1.807) is 42.5 Å². The monoisotopic (exact) mass is 418 g/mol. The minimum absolute atomic E-state index is 0.0346. The first-order chi connectivity index (χ1) is 13.7. The van der Waals surface area contributed by atoms with E-state index in [1.807, 2.05) is 0 Å². The van der Waals surface area contributed by atoms with Gasteiger partial charge in [-0.15, -0.1) is 0 Å². The number of hydrogen-bond donors (Lipinski definition) is 4. The second kappa shape index (κ2) is 8.33. The number of H-pyrrole nitrogens is 1. The van der Waals surface area contributed by atoms with Crippen LogP contribution in [0, 0.1) is 0 Å². The molecule has 0 aliphatic rings. The van der Waals surface area contributed by atoms with Crippen LogP contribution < -0.4 is 9.46 Å². The molecule has 0 amide bonds. The molecular weight excluding hydrogens is 400 g/mol. The zero-order valence-electron chi connectivity index (χ0n) is 15.0. The number of sulfonamides is 1. The molecule has 29 heavy (non-hydrogen) atoms. The van der Waals surface area contributed by atoms with E-state index < -0.39 is 28.1 Å². The average Bonchev–Trinajstić information content (AvgIpc) is 3.07. The van der Waals surface area contributed by atoms with Crippen molar-refractivity contribution in [3.05, 3.63) is 65.9 Å². The second-order valence-electron chi connectivity index (χ2n) is 6.28. The van der Waals surface area contributed by atoms with Crippen LogP contribution >= 0.6 is 0 Å². The first-order valence-corrected chi connectivity index (χ1v) is 10.1. The van der Waals surface area contributed by atoms with Crippen molar-refractivity contribution in [2.45, 2.75) is 18.4 Å². The molecule has 0 aliphatic heterocycles. The standard InChI is InChI=1S/C19H18N2O7S/c22-18(23)17(19(24)25)28-15-7-6-13-8-14(21-16(13)9-15)10-20-29(26,27)11-12-4-2-1-3-5-12/h1-9,17,20-21H,10-11H2,(H,22,23)(H,24,25). The van der Waals surface area contributed by atoms with E-state index in [0.717, 1.165) is 5.39 Å². The smallest absolute Gasteiger partial charge is 0.356 e. The molecule has 0 unspecified atom stereocenters. The van der Waals surface area contributed by atoms with E-state index in [-0.39, 0.29) is 18.0 Å². The highest BCUT2D eigenvalue weighted by atomic mass is 32.2. The zero-order valence-corrected chi connectivity index (χ0v) is 15.8. The van der Waals surface area contributed by atoms with Crippen molar-refractivity contribution >= 4 is 32.9 Å². The van der Waals surface area contributed by atoms with Gasteiger partial charge in [-0.3, -0.25) is 0 Å². The Labute approximate surface area is 166 Å². The largest absolute Gasteiger partial charge is 0.478 e. The van der Waals surface area contributed by atoms with Gasteiger partial charge < -0.3 is 19.9 Å². The Morgan fingerprint density at radius 1 is 1.03 bits per heavy atom. The maximum absolute atomic E-state index is 12.2. The summed E-state index contributed by atoms with van der Waals surface area (Å²) in [6, 6.07) is 15.0. The van der Waals surface area contributed by atoms with Crippen LogP contribution in [0.25, 0.3) is 10.9 Å². The first kappa shape index (κ1) is 20.4. The van der Waals surface area contributed by atoms with Crippen LogP contribution in [-0.4, -0.2) is 41.7 Å². The SMILES string of the molecule is O=C(O)C(Oc1ccc2cc(CNS(=O)(=O)Cc3ccccc3)[nH]c2c1)C(=O)O. The summed E-state index contributed by atoms with van der Waals surface area (Å²) in [6.07, 6.45) is -2.02. The van der Waals surface area contributed by atoms with Crippen molar-refractivity contribution in [1.82, 2.24) is 9.71 Å². The van der Waals surface area contributed by atoms with Gasteiger partial charge >= 0.3 is 11.9 Å². The van der Waals surface area contributed by atoms with Gasteiger partial charge in [0.15, 0.2) is 0 Å². The lowest BCUT2D eigenvalue weighted by Gasteiger charge is -2.10. The minimum atomic E-state index is -3.54. The molecule has 0 radical (unpaired) electrons. The lowest BCUT2D eigenvalue weighted by Crippen LogP contribution is -2.35. The predicted molar refractivity (Wildman–Crippen MR) is 104 cm³/mol. The van der Waals surface area contributed by atoms with Gasteiger partial charge in [0, 0.05) is 17.3 Å². The predicted octanol–water partition coefficient (Wildman–Crippen LogP) is 1.70. The molecule has 0 saturated heterocycles. The molecule has 3 rings (SSSR count). The van der Waals surface area contributed by atoms with E-state index in [9.17, 15) is 18.0 Å². The summed E-state index contributed by atoms with van der Waals surface area (Å²) in [5.74, 6) is -3.31. The third-order valence-corrected chi connectivity index (χ3v) is 5.33. The van der Waals surface area contributed by atoms with E-state index in [4.69, 9.17) is 14.9 Å². The minimum Gasteiger partial charge on any atom is -0.478 e. The van der Waals surface area contributed by atoms with Gasteiger partial charge in [-0.1, -0.05) is 30.3 Å². The lowest BCUT2D eigenvalue weighted by atomic mass is 10.2. The molecule has 0 saturated carbocycles. The third-order valence-electron chi connectivity index (χ3n) is 4.03. The quantitative estimate of drug-likeness (QED) is 0.387. The average molecular weight is 418 g/mol. The summed E-state index contributed by atoms with van der Waals surface area (Å²) in [7, 11) is -3.54. The fourth-order valence-corrected chi connectivity index (χ4v) is 3.82. The molecule has 2 aromatic carbocycles. The summed E-state index contributed by atoms with van der Waals surface area (Å²) < 4.78 is 32.0. The van der Waals surface area contributed by atoms with Crippen LogP contribution in [0.2, 0.25) is 0 Å². The van der Waals surface area contributed by atoms with E-state index >= 15 is 0 Å². The fraction of sp³-hybridized carbons (Fsp3) is 0.158. The molecule has 0 spiro atoms. The highest BCUT2D eigenvalue weighted by Crippen LogP contribution is 2.22. The molecule has 152 valence electrons. The number of carboxylic acids is 2.